The largest absolute Gasteiger partial charge is 0.399 e. The van der Waals surface area contributed by atoms with Gasteiger partial charge in [0.2, 0.25) is 6.71 Å². The monoisotopic (exact) mass is 249 g/mol. The highest BCUT2D eigenvalue weighted by atomic mass is 14.6. The van der Waals surface area contributed by atoms with Crippen LogP contribution < -0.4 is 16.7 Å². The Hall–Kier alpha value is -1.70. The van der Waals surface area contributed by atoms with E-state index < -0.39 is 0 Å². The van der Waals surface area contributed by atoms with E-state index in [0.29, 0.717) is 6.71 Å². The van der Waals surface area contributed by atoms with E-state index in [1.165, 1.54) is 22.1 Å². The third kappa shape index (κ3) is 1.63. The van der Waals surface area contributed by atoms with Gasteiger partial charge in [-0.1, -0.05) is 69.0 Å². The summed E-state index contributed by atoms with van der Waals surface area (Å²) in [5, 5.41) is 0. The molecule has 0 amide bonds. The molecule has 3 rings (SSSR count). The van der Waals surface area contributed by atoms with Gasteiger partial charge in [-0.15, -0.1) is 0 Å². The van der Waals surface area contributed by atoms with Crippen molar-refractivity contribution in [2.45, 2.75) is 32.5 Å². The quantitative estimate of drug-likeness (QED) is 0.610. The minimum absolute atomic E-state index is 0.0347. The molecular formula is C17H20BN. The van der Waals surface area contributed by atoms with Gasteiger partial charge < -0.3 is 5.73 Å². The number of hydrogen-bond donors (Lipinski definition) is 1. The van der Waals surface area contributed by atoms with E-state index >= 15 is 0 Å². The first kappa shape index (κ1) is 12.3. The van der Waals surface area contributed by atoms with Crippen LogP contribution in [0, 0.1) is 0 Å². The molecule has 0 bridgehead atoms. The molecule has 2 aromatic carbocycles. The van der Waals surface area contributed by atoms with Crippen LogP contribution in [-0.2, 0) is 5.41 Å². The molecular weight excluding hydrogens is 229 g/mol. The third-order valence-electron chi connectivity index (χ3n) is 4.58. The molecule has 0 fully saturated rings. The zero-order chi connectivity index (χ0) is 13.6. The average molecular weight is 249 g/mol. The Labute approximate surface area is 115 Å². The van der Waals surface area contributed by atoms with Crippen LogP contribution in [0.4, 0.5) is 5.69 Å². The molecule has 1 aliphatic rings. The normalized spacial score (nSPS) is 15.8. The zero-order valence-electron chi connectivity index (χ0n) is 11.9. The van der Waals surface area contributed by atoms with Gasteiger partial charge in [-0.3, -0.25) is 0 Å². The first-order valence-electron chi connectivity index (χ1n) is 7.05. The lowest BCUT2D eigenvalue weighted by Gasteiger charge is -2.39. The second-order valence-corrected chi connectivity index (χ2v) is 5.98. The number of benzene rings is 2. The smallest absolute Gasteiger partial charge is 0.212 e. The molecule has 0 radical (unpaired) electrons. The van der Waals surface area contributed by atoms with Crippen molar-refractivity contribution in [1.29, 1.82) is 0 Å². The van der Waals surface area contributed by atoms with Crippen molar-refractivity contribution in [1.82, 2.24) is 0 Å². The number of nitrogens with two attached hydrogens (primary N) is 1. The molecule has 0 atom stereocenters. The predicted octanol–water partition coefficient (Wildman–Crippen LogP) is 2.54. The summed E-state index contributed by atoms with van der Waals surface area (Å²) in [4.78, 5) is 0. The van der Waals surface area contributed by atoms with Crippen LogP contribution in [0.15, 0.2) is 42.5 Å². The summed E-state index contributed by atoms with van der Waals surface area (Å²) in [6.07, 6.45) is 1.09. The lowest BCUT2D eigenvalue weighted by atomic mass is 9.33. The fraction of sp³-hybridized carbons (Fsp3) is 0.294. The second kappa shape index (κ2) is 4.16. The maximum atomic E-state index is 6.29. The topological polar surface area (TPSA) is 26.0 Å². The van der Waals surface area contributed by atoms with Crippen molar-refractivity contribution < 1.29 is 0 Å². The lowest BCUT2D eigenvalue weighted by molar-refractivity contribution is 0.646. The Morgan fingerprint density at radius 1 is 1.00 bits per heavy atom. The third-order valence-corrected chi connectivity index (χ3v) is 4.58. The Kier molecular flexibility index (Phi) is 2.70. The molecule has 1 heterocycles. The van der Waals surface area contributed by atoms with Crippen LogP contribution in [0.5, 0.6) is 0 Å². The first-order chi connectivity index (χ1) is 9.07. The summed E-state index contributed by atoms with van der Waals surface area (Å²) in [6, 6.07) is 15.2. The molecule has 2 heteroatoms. The molecule has 0 saturated heterocycles. The average Bonchev–Trinajstić information content (AvgIpc) is 2.41. The van der Waals surface area contributed by atoms with E-state index in [1.807, 2.05) is 6.07 Å². The number of fused-ring (bicyclic) bond motifs is 2. The summed E-state index contributed by atoms with van der Waals surface area (Å²) in [5.41, 5.74) is 12.9. The van der Waals surface area contributed by atoms with Gasteiger partial charge >= 0.3 is 0 Å². The van der Waals surface area contributed by atoms with Gasteiger partial charge in [0.1, 0.15) is 0 Å². The Morgan fingerprint density at radius 2 is 1.68 bits per heavy atom. The second-order valence-electron chi connectivity index (χ2n) is 5.98. The standard InChI is InChI=1S/C17H20BN/c1-4-18-14-10-6-5-8-12(14)17(2,3)13-9-7-11-15(19)16(13)18/h5-11H,4,19H2,1-3H3. The highest BCUT2D eigenvalue weighted by Crippen LogP contribution is 2.34. The summed E-state index contributed by atoms with van der Waals surface area (Å²) >= 11 is 0. The van der Waals surface area contributed by atoms with Crippen LogP contribution in [-0.4, -0.2) is 6.71 Å². The lowest BCUT2D eigenvalue weighted by Crippen LogP contribution is -2.54. The Morgan fingerprint density at radius 3 is 2.42 bits per heavy atom. The van der Waals surface area contributed by atoms with E-state index in [0.717, 1.165) is 12.0 Å². The summed E-state index contributed by atoms with van der Waals surface area (Å²) in [7, 11) is 0. The van der Waals surface area contributed by atoms with Gasteiger partial charge in [0.25, 0.3) is 0 Å². The minimum Gasteiger partial charge on any atom is -0.399 e. The van der Waals surface area contributed by atoms with Gasteiger partial charge in [-0.2, -0.15) is 0 Å². The van der Waals surface area contributed by atoms with Gasteiger partial charge in [0.15, 0.2) is 0 Å². The minimum atomic E-state index is 0.0347. The van der Waals surface area contributed by atoms with Crippen molar-refractivity contribution in [3.8, 4) is 0 Å². The van der Waals surface area contributed by atoms with Crippen LogP contribution in [0.3, 0.4) is 0 Å². The summed E-state index contributed by atoms with van der Waals surface area (Å²) in [6.45, 7) is 7.28. The molecule has 96 valence electrons. The van der Waals surface area contributed by atoms with E-state index in [-0.39, 0.29) is 5.41 Å². The van der Waals surface area contributed by atoms with Crippen LogP contribution >= 0.6 is 0 Å². The van der Waals surface area contributed by atoms with Crippen LogP contribution in [0.1, 0.15) is 31.9 Å². The molecule has 1 nitrogen and oxygen atoms in total. The summed E-state index contributed by atoms with van der Waals surface area (Å²) in [5.74, 6) is 0. The molecule has 0 spiro atoms. The van der Waals surface area contributed by atoms with Gasteiger partial charge in [0, 0.05) is 11.1 Å². The predicted molar refractivity (Wildman–Crippen MR) is 84.9 cm³/mol. The number of hydrogen-bond acceptors (Lipinski definition) is 1. The van der Waals surface area contributed by atoms with Crippen molar-refractivity contribution in [3.63, 3.8) is 0 Å². The number of anilines is 1. The molecule has 0 aliphatic carbocycles. The van der Waals surface area contributed by atoms with E-state index in [9.17, 15) is 0 Å². The van der Waals surface area contributed by atoms with Crippen LogP contribution in [0.2, 0.25) is 6.32 Å². The highest BCUT2D eigenvalue weighted by molar-refractivity contribution is 6.87. The van der Waals surface area contributed by atoms with Gasteiger partial charge in [-0.05, 0) is 22.7 Å². The van der Waals surface area contributed by atoms with E-state index in [2.05, 4.69) is 57.2 Å². The number of rotatable bonds is 1. The fourth-order valence-corrected chi connectivity index (χ4v) is 3.61. The molecule has 0 unspecified atom stereocenters. The highest BCUT2D eigenvalue weighted by Gasteiger charge is 2.38. The Balaban J connectivity index is 2.37. The van der Waals surface area contributed by atoms with Crippen LogP contribution in [0.25, 0.3) is 0 Å². The SMILES string of the molecule is CCB1c2ccccc2C(C)(C)c2cccc(N)c21. The van der Waals surface area contributed by atoms with E-state index in [1.54, 1.807) is 0 Å². The molecule has 1 aliphatic heterocycles. The molecule has 2 aromatic rings. The first-order valence-corrected chi connectivity index (χ1v) is 7.05. The van der Waals surface area contributed by atoms with Crippen molar-refractivity contribution in [2.75, 3.05) is 5.73 Å². The van der Waals surface area contributed by atoms with E-state index in [4.69, 9.17) is 5.73 Å². The molecule has 0 saturated carbocycles. The maximum absolute atomic E-state index is 6.29. The fourth-order valence-electron chi connectivity index (χ4n) is 3.61. The van der Waals surface area contributed by atoms with Crippen molar-refractivity contribution in [2.24, 2.45) is 0 Å². The van der Waals surface area contributed by atoms with Crippen molar-refractivity contribution in [3.05, 3.63) is 53.6 Å². The van der Waals surface area contributed by atoms with Gasteiger partial charge in [0.05, 0.1) is 0 Å². The molecule has 19 heavy (non-hydrogen) atoms. The summed E-state index contributed by atoms with van der Waals surface area (Å²) < 4.78 is 0. The molecule has 0 aromatic heterocycles. The van der Waals surface area contributed by atoms with Crippen molar-refractivity contribution >= 4 is 23.3 Å². The Bertz CT molecular complexity index is 631. The number of nitrogen functional groups attached to an aromatic ring is 1. The molecule has 2 N–H and O–H groups in total. The zero-order valence-corrected chi connectivity index (χ0v) is 11.9. The maximum Gasteiger partial charge on any atom is 0.212 e. The van der Waals surface area contributed by atoms with Gasteiger partial charge in [-0.25, -0.2) is 0 Å².